The highest BCUT2D eigenvalue weighted by Crippen LogP contribution is 2.41. The predicted molar refractivity (Wildman–Crippen MR) is 78.8 cm³/mol. The number of carbonyl (C=O) groups excluding carboxylic acids is 1. The third-order valence-corrected chi connectivity index (χ3v) is 3.95. The van der Waals surface area contributed by atoms with Crippen LogP contribution in [0.4, 0.5) is 0 Å². The number of benzene rings is 1. The van der Waals surface area contributed by atoms with Crippen LogP contribution in [0.25, 0.3) is 0 Å². The van der Waals surface area contributed by atoms with Crippen molar-refractivity contribution in [3.63, 3.8) is 0 Å². The van der Waals surface area contributed by atoms with Crippen molar-refractivity contribution in [1.29, 1.82) is 0 Å². The van der Waals surface area contributed by atoms with Crippen LogP contribution in [0.3, 0.4) is 0 Å². The molecular weight excluding hydrogens is 252 g/mol. The minimum atomic E-state index is -0.648. The van der Waals surface area contributed by atoms with Gasteiger partial charge in [-0.25, -0.2) is 0 Å². The van der Waals surface area contributed by atoms with Gasteiger partial charge in [-0.15, -0.1) is 6.58 Å². The molecule has 1 heterocycles. The normalized spacial score (nSPS) is 20.2. The van der Waals surface area contributed by atoms with Gasteiger partial charge in [0.2, 0.25) is 0 Å². The van der Waals surface area contributed by atoms with Gasteiger partial charge in [0.05, 0.1) is 18.6 Å². The zero-order chi connectivity index (χ0) is 14.6. The zero-order valence-electron chi connectivity index (χ0n) is 12.2. The van der Waals surface area contributed by atoms with E-state index in [4.69, 9.17) is 9.47 Å². The van der Waals surface area contributed by atoms with Crippen LogP contribution in [0.1, 0.15) is 38.2 Å². The molecule has 108 valence electrons. The van der Waals surface area contributed by atoms with Crippen LogP contribution < -0.4 is 4.74 Å². The Balaban J connectivity index is 2.21. The first kappa shape index (κ1) is 14.6. The van der Waals surface area contributed by atoms with Crippen LogP contribution in [0.15, 0.2) is 36.9 Å². The molecule has 0 aliphatic carbocycles. The molecule has 0 saturated carbocycles. The Kier molecular flexibility index (Phi) is 4.48. The number of para-hydroxylation sites is 1. The molecule has 0 aromatic heterocycles. The van der Waals surface area contributed by atoms with E-state index in [2.05, 4.69) is 12.6 Å². The van der Waals surface area contributed by atoms with Crippen molar-refractivity contribution in [1.82, 2.24) is 0 Å². The molecule has 0 amide bonds. The van der Waals surface area contributed by atoms with Crippen LogP contribution in [0.2, 0.25) is 0 Å². The molecule has 1 aromatic carbocycles. The van der Waals surface area contributed by atoms with E-state index in [1.165, 1.54) is 5.56 Å². The SMILES string of the molecule is C=CC(C)(CC1CCOc2ccccc21)C(=O)OCC. The molecule has 0 N–H and O–H groups in total. The molecule has 1 aliphatic heterocycles. The number of fused-ring (bicyclic) bond motifs is 1. The van der Waals surface area contributed by atoms with E-state index in [-0.39, 0.29) is 5.97 Å². The van der Waals surface area contributed by atoms with E-state index in [0.717, 1.165) is 12.2 Å². The average Bonchev–Trinajstić information content (AvgIpc) is 2.48. The number of carbonyl (C=O) groups is 1. The van der Waals surface area contributed by atoms with Gasteiger partial charge in [-0.2, -0.15) is 0 Å². The van der Waals surface area contributed by atoms with Crippen LogP contribution in [-0.2, 0) is 9.53 Å². The summed E-state index contributed by atoms with van der Waals surface area (Å²) in [5, 5.41) is 0. The molecule has 0 radical (unpaired) electrons. The first-order valence-electron chi connectivity index (χ1n) is 7.13. The lowest BCUT2D eigenvalue weighted by atomic mass is 9.76. The van der Waals surface area contributed by atoms with Gasteiger partial charge < -0.3 is 9.47 Å². The first-order valence-corrected chi connectivity index (χ1v) is 7.13. The van der Waals surface area contributed by atoms with E-state index < -0.39 is 5.41 Å². The minimum Gasteiger partial charge on any atom is -0.493 e. The standard InChI is InChI=1S/C17H22O3/c1-4-17(3,16(18)19-5-2)12-13-10-11-20-15-9-7-6-8-14(13)15/h4,6-9,13H,1,5,10-12H2,2-3H3. The van der Waals surface area contributed by atoms with Crippen molar-refractivity contribution in [2.75, 3.05) is 13.2 Å². The number of ether oxygens (including phenoxy) is 2. The first-order chi connectivity index (χ1) is 9.60. The molecule has 2 atom stereocenters. The number of esters is 1. The summed E-state index contributed by atoms with van der Waals surface area (Å²) in [6.07, 6.45) is 3.33. The summed E-state index contributed by atoms with van der Waals surface area (Å²) in [6.45, 7) is 8.64. The fraction of sp³-hybridized carbons (Fsp3) is 0.471. The summed E-state index contributed by atoms with van der Waals surface area (Å²) in [7, 11) is 0. The Morgan fingerprint density at radius 3 is 3.00 bits per heavy atom. The Labute approximate surface area is 120 Å². The topological polar surface area (TPSA) is 35.5 Å². The smallest absolute Gasteiger partial charge is 0.315 e. The monoisotopic (exact) mass is 274 g/mol. The van der Waals surface area contributed by atoms with E-state index in [1.54, 1.807) is 6.08 Å². The highest BCUT2D eigenvalue weighted by atomic mass is 16.5. The second-order valence-corrected chi connectivity index (χ2v) is 5.42. The Hall–Kier alpha value is -1.77. The second kappa shape index (κ2) is 6.12. The maximum Gasteiger partial charge on any atom is 0.315 e. The maximum absolute atomic E-state index is 12.2. The molecule has 2 unspecified atom stereocenters. The van der Waals surface area contributed by atoms with Crippen molar-refractivity contribution < 1.29 is 14.3 Å². The van der Waals surface area contributed by atoms with Gasteiger partial charge in [0.15, 0.2) is 0 Å². The molecule has 2 rings (SSSR count). The van der Waals surface area contributed by atoms with Crippen LogP contribution in [0, 0.1) is 5.41 Å². The van der Waals surface area contributed by atoms with Gasteiger partial charge in [0.1, 0.15) is 5.75 Å². The van der Waals surface area contributed by atoms with E-state index in [0.29, 0.717) is 25.6 Å². The highest BCUT2D eigenvalue weighted by molar-refractivity contribution is 5.78. The largest absolute Gasteiger partial charge is 0.493 e. The lowest BCUT2D eigenvalue weighted by Gasteiger charge is -2.32. The quantitative estimate of drug-likeness (QED) is 0.606. The van der Waals surface area contributed by atoms with Gasteiger partial charge in [-0.05, 0) is 44.2 Å². The molecule has 0 saturated heterocycles. The van der Waals surface area contributed by atoms with Crippen LogP contribution >= 0.6 is 0 Å². The summed E-state index contributed by atoms with van der Waals surface area (Å²) in [4.78, 5) is 12.2. The number of hydrogen-bond donors (Lipinski definition) is 0. The lowest BCUT2D eigenvalue weighted by molar-refractivity contribution is -0.152. The molecule has 3 nitrogen and oxygen atoms in total. The minimum absolute atomic E-state index is 0.195. The fourth-order valence-electron chi connectivity index (χ4n) is 2.69. The fourth-order valence-corrected chi connectivity index (χ4v) is 2.69. The third kappa shape index (κ3) is 2.87. The molecule has 1 aliphatic rings. The van der Waals surface area contributed by atoms with Crippen molar-refractivity contribution in [3.8, 4) is 5.75 Å². The molecule has 0 bridgehead atoms. The van der Waals surface area contributed by atoms with Crippen molar-refractivity contribution in [2.45, 2.75) is 32.6 Å². The summed E-state index contributed by atoms with van der Waals surface area (Å²) in [5.74, 6) is 1.03. The zero-order valence-corrected chi connectivity index (χ0v) is 12.2. The van der Waals surface area contributed by atoms with Crippen molar-refractivity contribution in [3.05, 3.63) is 42.5 Å². The van der Waals surface area contributed by atoms with E-state index in [1.807, 2.05) is 32.0 Å². The predicted octanol–water partition coefficient (Wildman–Crippen LogP) is 3.70. The summed E-state index contributed by atoms with van der Waals surface area (Å²) in [6, 6.07) is 8.04. The Morgan fingerprint density at radius 1 is 1.55 bits per heavy atom. The summed E-state index contributed by atoms with van der Waals surface area (Å²) in [5.41, 5.74) is 0.529. The highest BCUT2D eigenvalue weighted by Gasteiger charge is 2.36. The molecule has 0 spiro atoms. The lowest BCUT2D eigenvalue weighted by Crippen LogP contribution is -2.31. The van der Waals surface area contributed by atoms with Gasteiger partial charge in [0.25, 0.3) is 0 Å². The van der Waals surface area contributed by atoms with Gasteiger partial charge in [0, 0.05) is 0 Å². The van der Waals surface area contributed by atoms with Gasteiger partial charge >= 0.3 is 5.97 Å². The third-order valence-electron chi connectivity index (χ3n) is 3.95. The molecule has 20 heavy (non-hydrogen) atoms. The van der Waals surface area contributed by atoms with Gasteiger partial charge in [-0.1, -0.05) is 24.3 Å². The van der Waals surface area contributed by atoms with Crippen molar-refractivity contribution in [2.24, 2.45) is 5.41 Å². The maximum atomic E-state index is 12.2. The Bertz CT molecular complexity index is 495. The Morgan fingerprint density at radius 2 is 2.30 bits per heavy atom. The van der Waals surface area contributed by atoms with Crippen LogP contribution in [-0.4, -0.2) is 19.2 Å². The summed E-state index contributed by atoms with van der Waals surface area (Å²) < 4.78 is 10.9. The summed E-state index contributed by atoms with van der Waals surface area (Å²) >= 11 is 0. The average molecular weight is 274 g/mol. The second-order valence-electron chi connectivity index (χ2n) is 5.42. The molecular formula is C17H22O3. The molecule has 0 fully saturated rings. The van der Waals surface area contributed by atoms with Gasteiger partial charge in [-0.3, -0.25) is 4.79 Å². The number of rotatable bonds is 5. The molecule has 1 aromatic rings. The van der Waals surface area contributed by atoms with E-state index in [9.17, 15) is 4.79 Å². The molecule has 3 heteroatoms. The number of hydrogen-bond acceptors (Lipinski definition) is 3. The van der Waals surface area contributed by atoms with Crippen LogP contribution in [0.5, 0.6) is 5.75 Å². The van der Waals surface area contributed by atoms with Crippen molar-refractivity contribution >= 4 is 5.97 Å². The van der Waals surface area contributed by atoms with E-state index >= 15 is 0 Å².